The first-order chi connectivity index (χ1) is 10.9. The lowest BCUT2D eigenvalue weighted by Gasteiger charge is -2.23. The van der Waals surface area contributed by atoms with Crippen LogP contribution in [0, 0.1) is 5.82 Å². The Bertz CT molecular complexity index is 672. The minimum Gasteiger partial charge on any atom is -0.341 e. The molecule has 1 aromatic carbocycles. The van der Waals surface area contributed by atoms with Gasteiger partial charge in [-0.3, -0.25) is 14.5 Å². The molecule has 122 valence electrons. The number of halogens is 1. The van der Waals surface area contributed by atoms with Crippen molar-refractivity contribution in [3.63, 3.8) is 0 Å². The second kappa shape index (κ2) is 5.64. The zero-order chi connectivity index (χ0) is 16.6. The molecule has 23 heavy (non-hydrogen) atoms. The van der Waals surface area contributed by atoms with E-state index in [1.54, 1.807) is 11.0 Å². The molecule has 0 saturated carbocycles. The molecule has 2 aliphatic rings. The van der Waals surface area contributed by atoms with Gasteiger partial charge in [-0.15, -0.1) is 0 Å². The van der Waals surface area contributed by atoms with Crippen molar-refractivity contribution in [2.45, 2.75) is 25.3 Å². The molecule has 6 nitrogen and oxygen atoms in total. The molecule has 1 N–H and O–H groups in total. The largest absolute Gasteiger partial charge is 0.341 e. The van der Waals surface area contributed by atoms with Crippen LogP contribution in [0.3, 0.4) is 0 Å². The Morgan fingerprint density at radius 2 is 1.91 bits per heavy atom. The predicted molar refractivity (Wildman–Crippen MR) is 79.8 cm³/mol. The van der Waals surface area contributed by atoms with Gasteiger partial charge in [-0.2, -0.15) is 0 Å². The number of rotatable bonds is 3. The number of nitrogens with one attached hydrogen (secondary N) is 1. The molecule has 1 atom stereocenters. The maximum Gasteiger partial charge on any atom is 0.325 e. The van der Waals surface area contributed by atoms with E-state index in [-0.39, 0.29) is 18.0 Å². The van der Waals surface area contributed by atoms with E-state index in [2.05, 4.69) is 5.32 Å². The van der Waals surface area contributed by atoms with Crippen LogP contribution >= 0.6 is 0 Å². The molecule has 2 aliphatic heterocycles. The monoisotopic (exact) mass is 319 g/mol. The predicted octanol–water partition coefficient (Wildman–Crippen LogP) is 1.22. The Morgan fingerprint density at radius 3 is 2.57 bits per heavy atom. The second-order valence-corrected chi connectivity index (χ2v) is 6.01. The van der Waals surface area contributed by atoms with Gasteiger partial charge in [0.05, 0.1) is 0 Å². The fraction of sp³-hybridized carbons (Fsp3) is 0.438. The van der Waals surface area contributed by atoms with Crippen LogP contribution in [-0.2, 0) is 15.1 Å². The number of imide groups is 1. The van der Waals surface area contributed by atoms with Crippen molar-refractivity contribution in [3.8, 4) is 0 Å². The Kier molecular flexibility index (Phi) is 3.79. The van der Waals surface area contributed by atoms with Gasteiger partial charge < -0.3 is 10.2 Å². The highest BCUT2D eigenvalue weighted by Gasteiger charge is 2.50. The standard InChI is InChI=1S/C16H18FN3O3/c1-16(11-6-2-3-7-12(11)17)14(22)20(15(23)18-16)10-13(21)19-8-4-5-9-19/h2-3,6-7H,4-5,8-10H2,1H3,(H,18,23)/t16-/m1/s1. The van der Waals surface area contributed by atoms with E-state index in [1.165, 1.54) is 25.1 Å². The van der Waals surface area contributed by atoms with Gasteiger partial charge in [-0.25, -0.2) is 9.18 Å². The summed E-state index contributed by atoms with van der Waals surface area (Å²) in [6, 6.07) is 5.13. The summed E-state index contributed by atoms with van der Waals surface area (Å²) in [7, 11) is 0. The highest BCUT2D eigenvalue weighted by molar-refractivity contribution is 6.09. The number of carbonyl (C=O) groups is 3. The number of benzene rings is 1. The second-order valence-electron chi connectivity index (χ2n) is 6.01. The molecule has 7 heteroatoms. The molecular formula is C16H18FN3O3. The third-order valence-corrected chi connectivity index (χ3v) is 4.44. The van der Waals surface area contributed by atoms with E-state index >= 15 is 0 Å². The summed E-state index contributed by atoms with van der Waals surface area (Å²) >= 11 is 0. The van der Waals surface area contributed by atoms with Crippen LogP contribution in [0.5, 0.6) is 0 Å². The first-order valence-corrected chi connectivity index (χ1v) is 7.60. The normalized spacial score (nSPS) is 24.3. The summed E-state index contributed by atoms with van der Waals surface area (Å²) in [5.41, 5.74) is -1.40. The van der Waals surface area contributed by atoms with Crippen molar-refractivity contribution in [2.24, 2.45) is 0 Å². The van der Waals surface area contributed by atoms with Gasteiger partial charge in [0.2, 0.25) is 5.91 Å². The lowest BCUT2D eigenvalue weighted by Crippen LogP contribution is -2.44. The Morgan fingerprint density at radius 1 is 1.26 bits per heavy atom. The number of urea groups is 1. The Hall–Kier alpha value is -2.44. The van der Waals surface area contributed by atoms with Gasteiger partial charge in [0.15, 0.2) is 0 Å². The van der Waals surface area contributed by atoms with Crippen molar-refractivity contribution in [2.75, 3.05) is 19.6 Å². The molecular weight excluding hydrogens is 301 g/mol. The summed E-state index contributed by atoms with van der Waals surface area (Å²) in [5.74, 6) is -1.44. The van der Waals surface area contributed by atoms with Gasteiger partial charge >= 0.3 is 6.03 Å². The van der Waals surface area contributed by atoms with Gasteiger partial charge in [-0.05, 0) is 25.8 Å². The maximum absolute atomic E-state index is 14.0. The summed E-state index contributed by atoms with van der Waals surface area (Å²) < 4.78 is 14.0. The van der Waals surface area contributed by atoms with Crippen molar-refractivity contribution in [1.82, 2.24) is 15.1 Å². The van der Waals surface area contributed by atoms with E-state index in [0.29, 0.717) is 13.1 Å². The SMILES string of the molecule is C[C@]1(c2ccccc2F)NC(=O)N(CC(=O)N2CCCC2)C1=O. The third-order valence-electron chi connectivity index (χ3n) is 4.44. The number of hydrogen-bond donors (Lipinski definition) is 1. The van der Waals surface area contributed by atoms with Crippen molar-refractivity contribution < 1.29 is 18.8 Å². The van der Waals surface area contributed by atoms with Crippen LogP contribution in [0.2, 0.25) is 0 Å². The minimum absolute atomic E-state index is 0.0921. The smallest absolute Gasteiger partial charge is 0.325 e. The molecule has 1 aromatic rings. The van der Waals surface area contributed by atoms with Crippen LogP contribution in [0.4, 0.5) is 9.18 Å². The molecule has 0 radical (unpaired) electrons. The zero-order valence-electron chi connectivity index (χ0n) is 12.8. The molecule has 3 rings (SSSR count). The van der Waals surface area contributed by atoms with E-state index in [4.69, 9.17) is 0 Å². The Balaban J connectivity index is 1.82. The summed E-state index contributed by atoms with van der Waals surface area (Å²) in [4.78, 5) is 39.5. The first kappa shape index (κ1) is 15.5. The third kappa shape index (κ3) is 2.56. The number of hydrogen-bond acceptors (Lipinski definition) is 3. The number of amides is 4. The number of nitrogens with zero attached hydrogens (tertiary/aromatic N) is 2. The topological polar surface area (TPSA) is 69.7 Å². The van der Waals surface area contributed by atoms with Crippen LogP contribution in [0.1, 0.15) is 25.3 Å². The summed E-state index contributed by atoms with van der Waals surface area (Å²) in [6.07, 6.45) is 1.86. The van der Waals surface area contributed by atoms with E-state index in [1.807, 2.05) is 0 Å². The highest BCUT2D eigenvalue weighted by Crippen LogP contribution is 2.30. The summed E-state index contributed by atoms with van der Waals surface area (Å²) in [6.45, 7) is 2.43. The van der Waals surface area contributed by atoms with Crippen LogP contribution in [0.25, 0.3) is 0 Å². The zero-order valence-corrected chi connectivity index (χ0v) is 12.8. The molecule has 0 aromatic heterocycles. The Labute approximate surface area is 133 Å². The van der Waals surface area contributed by atoms with Gasteiger partial charge in [-0.1, -0.05) is 18.2 Å². The molecule has 0 bridgehead atoms. The summed E-state index contributed by atoms with van der Waals surface area (Å²) in [5, 5.41) is 2.51. The minimum atomic E-state index is -1.49. The fourth-order valence-electron chi connectivity index (χ4n) is 3.09. The average molecular weight is 319 g/mol. The number of likely N-dealkylation sites (tertiary alicyclic amines) is 1. The van der Waals surface area contributed by atoms with Crippen LogP contribution < -0.4 is 5.32 Å². The van der Waals surface area contributed by atoms with Crippen LogP contribution in [-0.4, -0.2) is 47.3 Å². The lowest BCUT2D eigenvalue weighted by molar-refractivity contribution is -0.138. The molecule has 0 spiro atoms. The highest BCUT2D eigenvalue weighted by atomic mass is 19.1. The van der Waals surface area contributed by atoms with Gasteiger partial charge in [0, 0.05) is 18.7 Å². The molecule has 0 aliphatic carbocycles. The van der Waals surface area contributed by atoms with E-state index in [9.17, 15) is 18.8 Å². The van der Waals surface area contributed by atoms with Gasteiger partial charge in [0.1, 0.15) is 17.9 Å². The van der Waals surface area contributed by atoms with Crippen molar-refractivity contribution >= 4 is 17.8 Å². The fourth-order valence-corrected chi connectivity index (χ4v) is 3.09. The molecule has 4 amide bonds. The average Bonchev–Trinajstić information content (AvgIpc) is 3.12. The van der Waals surface area contributed by atoms with Gasteiger partial charge in [0.25, 0.3) is 5.91 Å². The van der Waals surface area contributed by atoms with Crippen LogP contribution in [0.15, 0.2) is 24.3 Å². The molecule has 2 saturated heterocycles. The lowest BCUT2D eigenvalue weighted by atomic mass is 9.91. The first-order valence-electron chi connectivity index (χ1n) is 7.60. The quantitative estimate of drug-likeness (QED) is 0.852. The number of carbonyl (C=O) groups excluding carboxylic acids is 3. The van der Waals surface area contributed by atoms with E-state index < -0.39 is 23.3 Å². The molecule has 2 heterocycles. The van der Waals surface area contributed by atoms with Crippen molar-refractivity contribution in [3.05, 3.63) is 35.6 Å². The van der Waals surface area contributed by atoms with E-state index in [0.717, 1.165) is 17.7 Å². The molecule has 0 unspecified atom stereocenters. The maximum atomic E-state index is 14.0. The molecule has 2 fully saturated rings. The van der Waals surface area contributed by atoms with Crippen molar-refractivity contribution in [1.29, 1.82) is 0 Å².